The number of halogens is 1. The third-order valence-corrected chi connectivity index (χ3v) is 6.22. The monoisotopic (exact) mass is 437 g/mol. The molecule has 2 aromatic rings. The molecule has 0 N–H and O–H groups in total. The summed E-state index contributed by atoms with van der Waals surface area (Å²) in [6.45, 7) is 1.57. The first-order chi connectivity index (χ1) is 15.1. The minimum Gasteiger partial charge on any atom is -0.342 e. The summed E-state index contributed by atoms with van der Waals surface area (Å²) in [5, 5.41) is 0.432. The number of aliphatic imine (C=N–C) groups is 1. The zero-order chi connectivity index (χ0) is 21.6. The van der Waals surface area contributed by atoms with Crippen LogP contribution in [0.4, 0.5) is 10.1 Å². The molecule has 0 radical (unpaired) electrons. The molecule has 2 amide bonds. The third-order valence-electron chi connectivity index (χ3n) is 5.30. The minimum atomic E-state index is -0.377. The molecule has 160 valence electrons. The van der Waals surface area contributed by atoms with Gasteiger partial charge >= 0.3 is 0 Å². The van der Waals surface area contributed by atoms with Crippen LogP contribution in [0.15, 0.2) is 65.3 Å². The number of benzene rings is 2. The number of rotatable bonds is 4. The predicted octanol–water partition coefficient (Wildman–Crippen LogP) is 4.71. The molecule has 0 aliphatic carbocycles. The van der Waals surface area contributed by atoms with Gasteiger partial charge < -0.3 is 4.90 Å². The lowest BCUT2D eigenvalue weighted by Gasteiger charge is -2.21. The fourth-order valence-electron chi connectivity index (χ4n) is 3.66. The normalized spacial score (nSPS) is 18.3. The van der Waals surface area contributed by atoms with E-state index in [1.165, 1.54) is 28.8 Å². The lowest BCUT2D eigenvalue weighted by molar-refractivity contribution is -0.128. The van der Waals surface area contributed by atoms with Crippen molar-refractivity contribution in [2.45, 2.75) is 25.7 Å². The van der Waals surface area contributed by atoms with Crippen molar-refractivity contribution in [2.75, 3.05) is 23.7 Å². The number of hydrogen-bond acceptors (Lipinski definition) is 4. The minimum absolute atomic E-state index is 0.0570. The highest BCUT2D eigenvalue weighted by molar-refractivity contribution is 8.14. The van der Waals surface area contributed by atoms with Gasteiger partial charge in [0.1, 0.15) is 11.5 Å². The van der Waals surface area contributed by atoms with Gasteiger partial charge in [-0.15, -0.1) is 0 Å². The zero-order valence-corrected chi connectivity index (χ0v) is 18.0. The van der Waals surface area contributed by atoms with E-state index in [0.29, 0.717) is 16.6 Å². The molecule has 0 saturated carbocycles. The van der Waals surface area contributed by atoms with Crippen LogP contribution in [-0.4, -0.2) is 40.7 Å². The Morgan fingerprint density at radius 1 is 1.00 bits per heavy atom. The van der Waals surface area contributed by atoms with Crippen LogP contribution >= 0.6 is 11.8 Å². The summed E-state index contributed by atoms with van der Waals surface area (Å²) in [4.78, 5) is 33.8. The Hall–Kier alpha value is -2.93. The molecule has 0 unspecified atom stereocenters. The second-order valence-corrected chi connectivity index (χ2v) is 8.48. The van der Waals surface area contributed by atoms with Gasteiger partial charge in [-0.3, -0.25) is 14.5 Å². The van der Waals surface area contributed by atoms with E-state index >= 15 is 0 Å². The maximum Gasteiger partial charge on any atom is 0.283 e. The van der Waals surface area contributed by atoms with Gasteiger partial charge in [0.2, 0.25) is 5.91 Å². The van der Waals surface area contributed by atoms with Crippen LogP contribution in [0.1, 0.15) is 31.2 Å². The quantitative estimate of drug-likeness (QED) is 0.651. The number of carbonyl (C=O) groups is 2. The summed E-state index contributed by atoms with van der Waals surface area (Å²) < 4.78 is 13.4. The summed E-state index contributed by atoms with van der Waals surface area (Å²) in [5.74, 6) is -0.401. The van der Waals surface area contributed by atoms with Gasteiger partial charge in [0.15, 0.2) is 5.17 Å². The van der Waals surface area contributed by atoms with Crippen LogP contribution < -0.4 is 4.90 Å². The molecule has 2 aliphatic rings. The van der Waals surface area contributed by atoms with Crippen LogP contribution in [0.5, 0.6) is 0 Å². The van der Waals surface area contributed by atoms with E-state index in [1.54, 1.807) is 18.2 Å². The molecule has 7 heteroatoms. The van der Waals surface area contributed by atoms with E-state index in [1.807, 2.05) is 35.2 Å². The summed E-state index contributed by atoms with van der Waals surface area (Å²) in [6, 6.07) is 15.2. The molecule has 2 aliphatic heterocycles. The largest absolute Gasteiger partial charge is 0.342 e. The maximum atomic E-state index is 13.4. The first-order valence-electron chi connectivity index (χ1n) is 10.5. The van der Waals surface area contributed by atoms with Gasteiger partial charge in [-0.25, -0.2) is 9.38 Å². The van der Waals surface area contributed by atoms with Crippen molar-refractivity contribution in [3.63, 3.8) is 0 Å². The van der Waals surface area contributed by atoms with Gasteiger partial charge in [-0.05, 0) is 48.7 Å². The Bertz CT molecular complexity index is 997. The Balaban J connectivity index is 1.56. The zero-order valence-electron chi connectivity index (χ0n) is 17.2. The standard InChI is InChI=1S/C24H24FN3O2S/c25-19-10-12-20(13-11-19)28-23(30)21(16-18-8-4-3-5-9-18)26-24(28)31-17-22(29)27-14-6-1-2-7-15-27/h3-5,8-13,16H,1-2,6-7,14-15,17H2. The van der Waals surface area contributed by atoms with Crippen molar-refractivity contribution in [3.8, 4) is 0 Å². The summed E-state index contributed by atoms with van der Waals surface area (Å²) in [6.07, 6.45) is 6.10. The highest BCUT2D eigenvalue weighted by Crippen LogP contribution is 2.30. The molecular weight excluding hydrogens is 413 g/mol. The van der Waals surface area contributed by atoms with Gasteiger partial charge in [0.05, 0.1) is 11.4 Å². The van der Waals surface area contributed by atoms with E-state index in [9.17, 15) is 14.0 Å². The molecule has 4 rings (SSSR count). The van der Waals surface area contributed by atoms with Crippen LogP contribution in [0, 0.1) is 5.82 Å². The molecule has 0 bridgehead atoms. The molecular formula is C24H24FN3O2S. The fourth-order valence-corrected chi connectivity index (χ4v) is 4.57. The summed E-state index contributed by atoms with van der Waals surface area (Å²) in [7, 11) is 0. The second-order valence-electron chi connectivity index (χ2n) is 7.54. The summed E-state index contributed by atoms with van der Waals surface area (Å²) >= 11 is 1.25. The maximum absolute atomic E-state index is 13.4. The van der Waals surface area contributed by atoms with Crippen molar-refractivity contribution >= 4 is 40.5 Å². The smallest absolute Gasteiger partial charge is 0.283 e. The van der Waals surface area contributed by atoms with Gasteiger partial charge in [-0.1, -0.05) is 54.9 Å². The average Bonchev–Trinajstić information content (AvgIpc) is 2.96. The van der Waals surface area contributed by atoms with Crippen molar-refractivity contribution in [1.29, 1.82) is 0 Å². The first-order valence-corrected chi connectivity index (χ1v) is 11.5. The van der Waals surface area contributed by atoms with E-state index in [2.05, 4.69) is 4.99 Å². The van der Waals surface area contributed by atoms with Crippen molar-refractivity contribution < 1.29 is 14.0 Å². The number of anilines is 1. The first kappa shape index (κ1) is 21.3. The fraction of sp³-hybridized carbons (Fsp3) is 0.292. The van der Waals surface area contributed by atoms with Gasteiger partial charge in [0.25, 0.3) is 5.91 Å². The second kappa shape index (κ2) is 9.92. The molecule has 0 spiro atoms. The van der Waals surface area contributed by atoms with Crippen molar-refractivity contribution in [2.24, 2.45) is 4.99 Å². The predicted molar refractivity (Wildman–Crippen MR) is 123 cm³/mol. The number of amides is 2. The van der Waals surface area contributed by atoms with Crippen molar-refractivity contribution in [1.82, 2.24) is 4.90 Å². The number of hydrogen-bond donors (Lipinski definition) is 0. The van der Waals surface area contributed by atoms with E-state index in [0.717, 1.165) is 44.3 Å². The number of amidine groups is 1. The van der Waals surface area contributed by atoms with Gasteiger partial charge in [0, 0.05) is 13.1 Å². The van der Waals surface area contributed by atoms with Crippen LogP contribution in [0.2, 0.25) is 0 Å². The molecule has 1 fully saturated rings. The van der Waals surface area contributed by atoms with E-state index < -0.39 is 0 Å². The Labute approximate surface area is 185 Å². The Kier molecular flexibility index (Phi) is 6.82. The van der Waals surface area contributed by atoms with Crippen LogP contribution in [-0.2, 0) is 9.59 Å². The molecule has 0 aromatic heterocycles. The van der Waals surface area contributed by atoms with Crippen molar-refractivity contribution in [3.05, 3.63) is 71.7 Å². The van der Waals surface area contributed by atoms with E-state index in [-0.39, 0.29) is 23.4 Å². The summed E-state index contributed by atoms with van der Waals surface area (Å²) in [5.41, 5.74) is 1.68. The molecule has 5 nitrogen and oxygen atoms in total. The third kappa shape index (κ3) is 5.22. The number of likely N-dealkylation sites (tertiary alicyclic amines) is 1. The van der Waals surface area contributed by atoms with Gasteiger partial charge in [-0.2, -0.15) is 0 Å². The van der Waals surface area contributed by atoms with Crippen LogP contribution in [0.3, 0.4) is 0 Å². The Morgan fingerprint density at radius 3 is 2.35 bits per heavy atom. The molecule has 2 heterocycles. The lowest BCUT2D eigenvalue weighted by atomic mass is 10.2. The Morgan fingerprint density at radius 2 is 1.68 bits per heavy atom. The lowest BCUT2D eigenvalue weighted by Crippen LogP contribution is -2.35. The average molecular weight is 438 g/mol. The topological polar surface area (TPSA) is 53.0 Å². The molecule has 1 saturated heterocycles. The van der Waals surface area contributed by atoms with E-state index in [4.69, 9.17) is 0 Å². The number of nitrogens with zero attached hydrogens (tertiary/aromatic N) is 3. The highest BCUT2D eigenvalue weighted by Gasteiger charge is 2.32. The molecule has 2 aromatic carbocycles. The number of carbonyl (C=O) groups excluding carboxylic acids is 2. The highest BCUT2D eigenvalue weighted by atomic mass is 32.2. The SMILES string of the molecule is O=C(CSC1=NC(=Cc2ccccc2)C(=O)N1c1ccc(F)cc1)N1CCCCCC1. The molecule has 31 heavy (non-hydrogen) atoms. The molecule has 0 atom stereocenters. The number of thioether (sulfide) groups is 1. The van der Waals surface area contributed by atoms with Crippen LogP contribution in [0.25, 0.3) is 6.08 Å².